The number of carbonyl (C=O) groups is 1. The Hall–Kier alpha value is -0.220. The van der Waals surface area contributed by atoms with E-state index in [0.717, 1.165) is 5.75 Å². The number of carbonyl (C=O) groups excluding carboxylic acids is 1. The molecule has 0 aromatic rings. The number of hydrogen-bond acceptors (Lipinski definition) is 3. The van der Waals surface area contributed by atoms with Crippen LogP contribution in [0.3, 0.4) is 0 Å². The molecule has 0 unspecified atom stereocenters. The summed E-state index contributed by atoms with van der Waals surface area (Å²) in [5.74, 6) is 1.47. The first kappa shape index (κ1) is 9.78. The quantitative estimate of drug-likeness (QED) is 0.573. The molecule has 0 atom stereocenters. The molecule has 0 aliphatic carbocycles. The van der Waals surface area contributed by atoms with Crippen molar-refractivity contribution in [3.05, 3.63) is 0 Å². The molecule has 60 valence electrons. The molecule has 0 fully saturated rings. The summed E-state index contributed by atoms with van der Waals surface area (Å²) < 4.78 is 0. The van der Waals surface area contributed by atoms with Crippen molar-refractivity contribution in [2.75, 3.05) is 25.7 Å². The summed E-state index contributed by atoms with van der Waals surface area (Å²) in [5, 5.41) is 1.24. The molecule has 3 nitrogen and oxygen atoms in total. The minimum atomic E-state index is 0.00866. The van der Waals surface area contributed by atoms with Gasteiger partial charge in [-0.3, -0.25) is 9.63 Å². The highest BCUT2D eigenvalue weighted by Crippen LogP contribution is 1.99. The van der Waals surface area contributed by atoms with Gasteiger partial charge in [-0.2, -0.15) is 11.8 Å². The monoisotopic (exact) mass is 163 g/mol. The molecular weight excluding hydrogens is 150 g/mol. The van der Waals surface area contributed by atoms with Gasteiger partial charge in [0.25, 0.3) is 5.91 Å². The van der Waals surface area contributed by atoms with Crippen LogP contribution in [-0.4, -0.2) is 36.6 Å². The van der Waals surface area contributed by atoms with Gasteiger partial charge in [0.05, 0.1) is 12.9 Å². The van der Waals surface area contributed by atoms with Crippen LogP contribution in [0.15, 0.2) is 0 Å². The van der Waals surface area contributed by atoms with Crippen LogP contribution in [0.2, 0.25) is 0 Å². The van der Waals surface area contributed by atoms with Gasteiger partial charge >= 0.3 is 0 Å². The van der Waals surface area contributed by atoms with Crippen LogP contribution in [0.4, 0.5) is 0 Å². The van der Waals surface area contributed by atoms with E-state index in [1.807, 2.05) is 6.92 Å². The van der Waals surface area contributed by atoms with Crippen molar-refractivity contribution >= 4 is 17.7 Å². The molecule has 0 aromatic heterocycles. The summed E-state index contributed by atoms with van der Waals surface area (Å²) in [6, 6.07) is 0. The summed E-state index contributed by atoms with van der Waals surface area (Å²) in [6.07, 6.45) is 0. The van der Waals surface area contributed by atoms with Gasteiger partial charge in [0, 0.05) is 7.05 Å². The fourth-order valence-corrected chi connectivity index (χ4v) is 0.943. The minimum Gasteiger partial charge on any atom is -0.275 e. The fraction of sp³-hybridized carbons (Fsp3) is 0.833. The summed E-state index contributed by atoms with van der Waals surface area (Å²) in [5.41, 5.74) is 0. The molecule has 0 aromatic carbocycles. The Labute approximate surface area is 65.7 Å². The molecular formula is C6H13NO2S. The highest BCUT2D eigenvalue weighted by molar-refractivity contribution is 7.99. The average Bonchev–Trinajstić information content (AvgIpc) is 1.98. The van der Waals surface area contributed by atoms with Crippen molar-refractivity contribution in [2.24, 2.45) is 0 Å². The zero-order valence-electron chi connectivity index (χ0n) is 6.59. The van der Waals surface area contributed by atoms with E-state index < -0.39 is 0 Å². The normalized spacial score (nSPS) is 9.50. The molecule has 0 radical (unpaired) electrons. The summed E-state index contributed by atoms with van der Waals surface area (Å²) in [6.45, 7) is 2.02. The molecule has 0 aliphatic heterocycles. The van der Waals surface area contributed by atoms with Gasteiger partial charge in [-0.1, -0.05) is 6.92 Å². The second kappa shape index (κ2) is 5.56. The van der Waals surface area contributed by atoms with E-state index in [1.54, 1.807) is 18.8 Å². The Balaban J connectivity index is 3.42. The third-order valence-electron chi connectivity index (χ3n) is 1.05. The lowest BCUT2D eigenvalue weighted by atomic mass is 10.7. The van der Waals surface area contributed by atoms with Gasteiger partial charge in [0.1, 0.15) is 0 Å². The van der Waals surface area contributed by atoms with Crippen LogP contribution in [0.1, 0.15) is 6.92 Å². The van der Waals surface area contributed by atoms with Crippen molar-refractivity contribution in [3.8, 4) is 0 Å². The van der Waals surface area contributed by atoms with E-state index in [2.05, 4.69) is 4.84 Å². The van der Waals surface area contributed by atoms with Crippen LogP contribution in [-0.2, 0) is 9.63 Å². The molecule has 10 heavy (non-hydrogen) atoms. The molecule has 0 spiro atoms. The lowest BCUT2D eigenvalue weighted by molar-refractivity contribution is -0.165. The maximum absolute atomic E-state index is 10.9. The van der Waals surface area contributed by atoms with Gasteiger partial charge in [-0.25, -0.2) is 5.06 Å². The van der Waals surface area contributed by atoms with Crippen LogP contribution in [0, 0.1) is 0 Å². The third-order valence-corrected chi connectivity index (χ3v) is 1.91. The lowest BCUT2D eigenvalue weighted by Crippen LogP contribution is -2.27. The Morgan fingerprint density at radius 2 is 2.30 bits per heavy atom. The van der Waals surface area contributed by atoms with E-state index in [1.165, 1.54) is 12.2 Å². The minimum absolute atomic E-state index is 0.00866. The number of amides is 1. The van der Waals surface area contributed by atoms with Crippen molar-refractivity contribution in [2.45, 2.75) is 6.92 Å². The summed E-state index contributed by atoms with van der Waals surface area (Å²) in [4.78, 5) is 15.6. The predicted molar refractivity (Wildman–Crippen MR) is 42.8 cm³/mol. The number of nitrogens with zero attached hydrogens (tertiary/aromatic N) is 1. The molecule has 0 bridgehead atoms. The van der Waals surface area contributed by atoms with E-state index in [-0.39, 0.29) is 5.91 Å². The van der Waals surface area contributed by atoms with Gasteiger partial charge in [-0.05, 0) is 5.75 Å². The molecule has 0 rings (SSSR count). The molecule has 0 saturated carbocycles. The number of hydrogen-bond donors (Lipinski definition) is 0. The van der Waals surface area contributed by atoms with Crippen LogP contribution in [0.5, 0.6) is 0 Å². The standard InChI is InChI=1S/C6H13NO2S/c1-4-10-5-6(8)7(2)9-3/h4-5H2,1-3H3. The van der Waals surface area contributed by atoms with E-state index in [4.69, 9.17) is 0 Å². The Morgan fingerprint density at radius 3 is 2.70 bits per heavy atom. The summed E-state index contributed by atoms with van der Waals surface area (Å²) >= 11 is 1.59. The van der Waals surface area contributed by atoms with Gasteiger partial charge in [-0.15, -0.1) is 0 Å². The van der Waals surface area contributed by atoms with E-state index in [9.17, 15) is 4.79 Å². The molecule has 0 saturated heterocycles. The molecule has 1 amide bonds. The molecule has 0 N–H and O–H groups in total. The Bertz CT molecular complexity index is 108. The third kappa shape index (κ3) is 3.74. The maximum atomic E-state index is 10.9. The second-order valence-corrected chi connectivity index (χ2v) is 2.99. The van der Waals surface area contributed by atoms with Crippen molar-refractivity contribution in [1.29, 1.82) is 0 Å². The van der Waals surface area contributed by atoms with E-state index in [0.29, 0.717) is 5.75 Å². The second-order valence-electron chi connectivity index (χ2n) is 1.71. The van der Waals surface area contributed by atoms with Crippen molar-refractivity contribution in [3.63, 3.8) is 0 Å². The largest absolute Gasteiger partial charge is 0.275 e. The van der Waals surface area contributed by atoms with Crippen LogP contribution >= 0.6 is 11.8 Å². The van der Waals surface area contributed by atoms with Crippen molar-refractivity contribution in [1.82, 2.24) is 5.06 Å². The first-order chi connectivity index (χ1) is 4.72. The predicted octanol–water partition coefficient (Wildman–Crippen LogP) is 0.759. The molecule has 4 heteroatoms. The lowest BCUT2D eigenvalue weighted by Gasteiger charge is -2.12. The van der Waals surface area contributed by atoms with Gasteiger partial charge in [0.2, 0.25) is 0 Å². The van der Waals surface area contributed by atoms with Crippen LogP contribution < -0.4 is 0 Å². The first-order valence-corrected chi connectivity index (χ1v) is 4.26. The number of thioether (sulfide) groups is 1. The fourth-order valence-electron chi connectivity index (χ4n) is 0.382. The van der Waals surface area contributed by atoms with Crippen molar-refractivity contribution < 1.29 is 9.63 Å². The van der Waals surface area contributed by atoms with E-state index >= 15 is 0 Å². The Morgan fingerprint density at radius 1 is 1.70 bits per heavy atom. The molecule has 0 heterocycles. The number of rotatable bonds is 4. The van der Waals surface area contributed by atoms with Gasteiger partial charge < -0.3 is 0 Å². The maximum Gasteiger partial charge on any atom is 0.255 e. The number of hydroxylamine groups is 2. The zero-order valence-corrected chi connectivity index (χ0v) is 7.40. The molecule has 0 aliphatic rings. The first-order valence-electron chi connectivity index (χ1n) is 3.10. The zero-order chi connectivity index (χ0) is 7.98. The van der Waals surface area contributed by atoms with Gasteiger partial charge in [0.15, 0.2) is 0 Å². The highest BCUT2D eigenvalue weighted by Gasteiger charge is 2.05. The Kier molecular flexibility index (Phi) is 5.43. The summed E-state index contributed by atoms with van der Waals surface area (Å²) in [7, 11) is 3.09. The SMILES string of the molecule is CCSCC(=O)N(C)OC. The smallest absolute Gasteiger partial charge is 0.255 e. The highest BCUT2D eigenvalue weighted by atomic mass is 32.2. The average molecular weight is 163 g/mol. The van der Waals surface area contributed by atoms with Crippen LogP contribution in [0.25, 0.3) is 0 Å². The topological polar surface area (TPSA) is 29.5 Å².